The van der Waals surface area contributed by atoms with E-state index in [-0.39, 0.29) is 18.3 Å². The van der Waals surface area contributed by atoms with Gasteiger partial charge < -0.3 is 10.2 Å². The van der Waals surface area contributed by atoms with Gasteiger partial charge in [0.1, 0.15) is 10.7 Å². The maximum atomic E-state index is 13.0. The predicted octanol–water partition coefficient (Wildman–Crippen LogP) is 5.14. The summed E-state index contributed by atoms with van der Waals surface area (Å²) in [7, 11) is 0. The van der Waals surface area contributed by atoms with Crippen LogP contribution in [0.2, 0.25) is 10.0 Å². The van der Waals surface area contributed by atoms with E-state index in [1.54, 1.807) is 12.1 Å². The van der Waals surface area contributed by atoms with Crippen molar-refractivity contribution in [2.24, 2.45) is 0 Å². The Morgan fingerprint density at radius 2 is 2.04 bits per heavy atom. The lowest BCUT2D eigenvalue weighted by atomic mass is 10.0. The topological polar surface area (TPSA) is 45.2 Å². The third-order valence-corrected chi connectivity index (χ3v) is 6.00. The summed E-state index contributed by atoms with van der Waals surface area (Å²) >= 11 is 13.5. The number of halogens is 3. The summed E-state index contributed by atoms with van der Waals surface area (Å²) in [4.78, 5) is 19.6. The van der Waals surface area contributed by atoms with Crippen molar-refractivity contribution in [3.8, 4) is 10.6 Å². The zero-order valence-electron chi connectivity index (χ0n) is 14.5. The molecule has 2 heterocycles. The molecule has 1 saturated heterocycles. The van der Waals surface area contributed by atoms with Crippen molar-refractivity contribution >= 4 is 52.9 Å². The summed E-state index contributed by atoms with van der Waals surface area (Å²) in [5.74, 6) is 0.0244. The molecule has 0 spiro atoms. The minimum Gasteiger partial charge on any atom is -0.334 e. The maximum Gasteiger partial charge on any atom is 0.273 e. The normalized spacial score (nSPS) is 14.7. The molecule has 2 aromatic rings. The molecule has 0 saturated carbocycles. The number of rotatable bonds is 5. The molecule has 8 heteroatoms. The molecule has 1 aromatic carbocycles. The van der Waals surface area contributed by atoms with E-state index in [9.17, 15) is 4.79 Å². The molecular weight excluding hydrogens is 413 g/mol. The van der Waals surface area contributed by atoms with E-state index in [1.165, 1.54) is 11.3 Å². The van der Waals surface area contributed by atoms with Gasteiger partial charge in [-0.05, 0) is 44.5 Å². The summed E-state index contributed by atoms with van der Waals surface area (Å²) in [5, 5.41) is 6.97. The van der Waals surface area contributed by atoms with Crippen LogP contribution in [0, 0.1) is 0 Å². The lowest BCUT2D eigenvalue weighted by Gasteiger charge is -2.34. The van der Waals surface area contributed by atoms with Crippen LogP contribution in [-0.2, 0) is 0 Å². The van der Waals surface area contributed by atoms with E-state index in [0.29, 0.717) is 21.8 Å². The third kappa shape index (κ3) is 4.90. The minimum atomic E-state index is 0. The van der Waals surface area contributed by atoms with Crippen molar-refractivity contribution < 1.29 is 4.79 Å². The number of hydrogen-bond acceptors (Lipinski definition) is 4. The minimum absolute atomic E-state index is 0. The average molecular weight is 435 g/mol. The second-order valence-electron chi connectivity index (χ2n) is 6.15. The van der Waals surface area contributed by atoms with Gasteiger partial charge >= 0.3 is 0 Å². The van der Waals surface area contributed by atoms with E-state index in [1.807, 2.05) is 16.3 Å². The zero-order valence-corrected chi connectivity index (χ0v) is 17.6. The molecule has 3 rings (SSSR count). The first kappa shape index (κ1) is 21.5. The van der Waals surface area contributed by atoms with Crippen LogP contribution in [0.5, 0.6) is 0 Å². The Labute approximate surface area is 174 Å². The maximum absolute atomic E-state index is 13.0. The fourth-order valence-corrected chi connectivity index (χ4v) is 4.18. The molecule has 0 atom stereocenters. The van der Waals surface area contributed by atoms with Gasteiger partial charge in [-0.15, -0.1) is 23.7 Å². The smallest absolute Gasteiger partial charge is 0.273 e. The van der Waals surface area contributed by atoms with E-state index in [2.05, 4.69) is 17.2 Å². The lowest BCUT2D eigenvalue weighted by Crippen LogP contribution is -2.46. The van der Waals surface area contributed by atoms with Crippen molar-refractivity contribution in [1.29, 1.82) is 0 Å². The molecule has 1 aliphatic heterocycles. The van der Waals surface area contributed by atoms with Crippen molar-refractivity contribution in [3.05, 3.63) is 39.3 Å². The van der Waals surface area contributed by atoms with Crippen LogP contribution < -0.4 is 5.32 Å². The fraction of sp³-hybridized carbons (Fsp3) is 0.444. The van der Waals surface area contributed by atoms with Crippen LogP contribution in [0.3, 0.4) is 0 Å². The second kappa shape index (κ2) is 9.90. The van der Waals surface area contributed by atoms with Crippen LogP contribution >= 0.6 is 46.9 Å². The monoisotopic (exact) mass is 433 g/mol. The molecule has 26 heavy (non-hydrogen) atoms. The second-order valence-corrected chi connectivity index (χ2v) is 7.82. The molecule has 0 unspecified atom stereocenters. The highest BCUT2D eigenvalue weighted by Gasteiger charge is 2.27. The molecule has 4 nitrogen and oxygen atoms in total. The van der Waals surface area contributed by atoms with Crippen molar-refractivity contribution in [2.75, 3.05) is 19.6 Å². The van der Waals surface area contributed by atoms with Crippen molar-refractivity contribution in [1.82, 2.24) is 15.2 Å². The van der Waals surface area contributed by atoms with Gasteiger partial charge in [-0.2, -0.15) is 0 Å². The fourth-order valence-electron chi connectivity index (χ4n) is 3.09. The van der Waals surface area contributed by atoms with Crippen LogP contribution in [0.4, 0.5) is 0 Å². The van der Waals surface area contributed by atoms with E-state index < -0.39 is 0 Å². The molecule has 1 aromatic heterocycles. The Hall–Kier alpha value is -0.850. The molecule has 0 bridgehead atoms. The largest absolute Gasteiger partial charge is 0.334 e. The first-order chi connectivity index (χ1) is 12.1. The number of amides is 1. The summed E-state index contributed by atoms with van der Waals surface area (Å²) in [5.41, 5.74) is 1.39. The number of aromatic nitrogens is 1. The molecule has 142 valence electrons. The van der Waals surface area contributed by atoms with Gasteiger partial charge in [0.25, 0.3) is 5.91 Å². The highest BCUT2D eigenvalue weighted by molar-refractivity contribution is 7.13. The third-order valence-electron chi connectivity index (χ3n) is 4.36. The van der Waals surface area contributed by atoms with Crippen LogP contribution in [-0.4, -0.2) is 41.5 Å². The Morgan fingerprint density at radius 3 is 2.69 bits per heavy atom. The zero-order chi connectivity index (χ0) is 17.8. The SMILES string of the molecule is CCCN(C(=O)c1csc(-c2ccc(Cl)c(Cl)c2)n1)C1CCNCC1.Cl. The first-order valence-electron chi connectivity index (χ1n) is 8.52. The summed E-state index contributed by atoms with van der Waals surface area (Å²) < 4.78 is 0. The molecule has 0 radical (unpaired) electrons. The van der Waals surface area contributed by atoms with Crippen molar-refractivity contribution in [3.63, 3.8) is 0 Å². The quantitative estimate of drug-likeness (QED) is 0.708. The molecule has 1 fully saturated rings. The Balaban J connectivity index is 0.00000243. The molecule has 1 N–H and O–H groups in total. The molecule has 0 aliphatic carbocycles. The standard InChI is InChI=1S/C18H21Cl2N3OS.ClH/c1-2-9-23(13-5-7-21-8-6-13)18(24)16-11-25-17(22-16)12-3-4-14(19)15(20)10-12;/h3-4,10-11,13,21H,2,5-9H2,1H3;1H. The van der Waals surface area contributed by atoms with Gasteiger partial charge in [-0.1, -0.05) is 36.2 Å². The van der Waals surface area contributed by atoms with Crippen LogP contribution in [0.25, 0.3) is 10.6 Å². The number of piperidine rings is 1. The number of carbonyl (C=O) groups is 1. The number of nitrogens with one attached hydrogen (secondary N) is 1. The lowest BCUT2D eigenvalue weighted by molar-refractivity contribution is 0.0637. The Morgan fingerprint density at radius 1 is 1.31 bits per heavy atom. The van der Waals surface area contributed by atoms with Crippen LogP contribution in [0.1, 0.15) is 36.7 Å². The Bertz CT molecular complexity index is 747. The van der Waals surface area contributed by atoms with Crippen LogP contribution in [0.15, 0.2) is 23.6 Å². The van der Waals surface area contributed by atoms with Gasteiger partial charge in [-0.3, -0.25) is 4.79 Å². The first-order valence-corrected chi connectivity index (χ1v) is 10.2. The molecular formula is C18H22Cl3N3OS. The van der Waals surface area contributed by atoms with Gasteiger partial charge in [0.05, 0.1) is 10.0 Å². The predicted molar refractivity (Wildman–Crippen MR) is 112 cm³/mol. The van der Waals surface area contributed by atoms with E-state index in [4.69, 9.17) is 23.2 Å². The number of hydrogen-bond donors (Lipinski definition) is 1. The van der Waals surface area contributed by atoms with Gasteiger partial charge in [-0.25, -0.2) is 4.98 Å². The van der Waals surface area contributed by atoms with Gasteiger partial charge in [0.2, 0.25) is 0 Å². The summed E-state index contributed by atoms with van der Waals surface area (Å²) in [6.45, 7) is 4.79. The van der Waals surface area contributed by atoms with E-state index >= 15 is 0 Å². The van der Waals surface area contributed by atoms with Gasteiger partial charge in [0, 0.05) is 23.5 Å². The number of thiazole rings is 1. The van der Waals surface area contributed by atoms with Crippen molar-refractivity contribution in [2.45, 2.75) is 32.2 Å². The molecule has 1 aliphatic rings. The average Bonchev–Trinajstić information content (AvgIpc) is 3.12. The summed E-state index contributed by atoms with van der Waals surface area (Å²) in [6.07, 6.45) is 2.94. The number of carbonyl (C=O) groups excluding carboxylic acids is 1. The Kier molecular flexibility index (Phi) is 8.17. The highest BCUT2D eigenvalue weighted by Crippen LogP contribution is 2.30. The number of nitrogens with zero attached hydrogens (tertiary/aromatic N) is 2. The molecule has 1 amide bonds. The highest BCUT2D eigenvalue weighted by atomic mass is 35.5. The van der Waals surface area contributed by atoms with E-state index in [0.717, 1.165) is 49.5 Å². The summed E-state index contributed by atoms with van der Waals surface area (Å²) in [6, 6.07) is 5.70. The number of benzene rings is 1. The van der Waals surface area contributed by atoms with Gasteiger partial charge in [0.15, 0.2) is 0 Å².